The van der Waals surface area contributed by atoms with Crippen molar-refractivity contribution in [1.29, 1.82) is 0 Å². The maximum atomic E-state index is 9.36. The molecule has 0 aliphatic heterocycles. The van der Waals surface area contributed by atoms with Crippen LogP contribution >= 0.6 is 15.9 Å². The number of anilines is 1. The molecule has 0 amide bonds. The minimum absolute atomic E-state index is 0.0896. The Morgan fingerprint density at radius 3 is 2.44 bits per heavy atom. The summed E-state index contributed by atoms with van der Waals surface area (Å²) in [6.07, 6.45) is 0.367. The van der Waals surface area contributed by atoms with Crippen molar-refractivity contribution >= 4 is 21.7 Å². The molecular formula is C13H22BrN3O. The van der Waals surface area contributed by atoms with Crippen LogP contribution in [0.25, 0.3) is 0 Å². The number of aromatic nitrogens is 2. The third kappa shape index (κ3) is 4.90. The molecule has 102 valence electrons. The molecule has 0 aliphatic rings. The normalized spacial score (nSPS) is 15.3. The zero-order valence-corrected chi connectivity index (χ0v) is 13.2. The number of aliphatic hydroxyl groups excluding tert-OH is 1. The van der Waals surface area contributed by atoms with E-state index in [-0.39, 0.29) is 17.6 Å². The Hall–Kier alpha value is -0.680. The monoisotopic (exact) mass is 315 g/mol. The molecule has 1 aromatic heterocycles. The molecule has 0 spiro atoms. The van der Waals surface area contributed by atoms with Crippen molar-refractivity contribution in [3.8, 4) is 0 Å². The van der Waals surface area contributed by atoms with Crippen LogP contribution < -0.4 is 5.32 Å². The lowest BCUT2D eigenvalue weighted by Gasteiger charge is -2.20. The van der Waals surface area contributed by atoms with Gasteiger partial charge in [0.05, 0.1) is 6.10 Å². The first kappa shape index (κ1) is 15.4. The molecular weight excluding hydrogens is 294 g/mol. The van der Waals surface area contributed by atoms with Crippen LogP contribution in [-0.4, -0.2) is 27.2 Å². The highest BCUT2D eigenvalue weighted by atomic mass is 79.9. The van der Waals surface area contributed by atoms with Crippen molar-refractivity contribution in [1.82, 2.24) is 9.97 Å². The maximum absolute atomic E-state index is 9.36. The molecule has 0 radical (unpaired) electrons. The Morgan fingerprint density at radius 2 is 1.94 bits per heavy atom. The number of halogens is 1. The van der Waals surface area contributed by atoms with Crippen LogP contribution in [0.2, 0.25) is 0 Å². The van der Waals surface area contributed by atoms with Crippen LogP contribution in [-0.2, 0) is 5.41 Å². The van der Waals surface area contributed by atoms with Gasteiger partial charge in [0.25, 0.3) is 0 Å². The molecule has 1 aromatic rings. The van der Waals surface area contributed by atoms with Crippen molar-refractivity contribution in [2.75, 3.05) is 5.32 Å². The summed E-state index contributed by atoms with van der Waals surface area (Å²) in [6.45, 7) is 10.1. The molecule has 1 heterocycles. The average molecular weight is 316 g/mol. The number of nitrogens with zero attached hydrogens (tertiary/aromatic N) is 2. The summed E-state index contributed by atoms with van der Waals surface area (Å²) < 4.78 is 0.772. The molecule has 18 heavy (non-hydrogen) atoms. The largest absolute Gasteiger partial charge is 0.393 e. The van der Waals surface area contributed by atoms with Gasteiger partial charge < -0.3 is 10.4 Å². The van der Waals surface area contributed by atoms with Crippen LogP contribution in [0.1, 0.15) is 46.9 Å². The number of aliphatic hydroxyl groups is 1. The van der Waals surface area contributed by atoms with Gasteiger partial charge in [0.15, 0.2) is 0 Å². The predicted octanol–water partition coefficient (Wildman–Crippen LogP) is 3.11. The lowest BCUT2D eigenvalue weighted by atomic mass is 9.96. The van der Waals surface area contributed by atoms with E-state index in [0.717, 1.165) is 16.2 Å². The molecule has 0 aliphatic carbocycles. The third-order valence-corrected chi connectivity index (χ3v) is 2.86. The van der Waals surface area contributed by atoms with Gasteiger partial charge in [-0.1, -0.05) is 20.8 Å². The molecule has 2 N–H and O–H groups in total. The van der Waals surface area contributed by atoms with Crippen LogP contribution in [0.3, 0.4) is 0 Å². The van der Waals surface area contributed by atoms with E-state index < -0.39 is 0 Å². The predicted molar refractivity (Wildman–Crippen MR) is 77.8 cm³/mol. The number of hydrogen-bond donors (Lipinski definition) is 2. The Bertz CT molecular complexity index is 402. The van der Waals surface area contributed by atoms with E-state index in [2.05, 4.69) is 52.0 Å². The fourth-order valence-electron chi connectivity index (χ4n) is 1.65. The second kappa shape index (κ2) is 5.97. The van der Waals surface area contributed by atoms with Crippen LogP contribution in [0.4, 0.5) is 5.82 Å². The van der Waals surface area contributed by atoms with Crippen molar-refractivity contribution in [2.24, 2.45) is 0 Å². The van der Waals surface area contributed by atoms with E-state index in [4.69, 9.17) is 0 Å². The van der Waals surface area contributed by atoms with E-state index >= 15 is 0 Å². The average Bonchev–Trinajstić information content (AvgIpc) is 2.13. The van der Waals surface area contributed by atoms with Gasteiger partial charge in [-0.3, -0.25) is 0 Å². The van der Waals surface area contributed by atoms with E-state index in [1.165, 1.54) is 0 Å². The van der Waals surface area contributed by atoms with Gasteiger partial charge in [0.1, 0.15) is 16.2 Å². The molecule has 0 aromatic carbocycles. The zero-order chi connectivity index (χ0) is 13.9. The van der Waals surface area contributed by atoms with Gasteiger partial charge in [-0.2, -0.15) is 0 Å². The number of nitrogens with one attached hydrogen (secondary N) is 1. The molecule has 0 fully saturated rings. The minimum atomic E-state index is -0.320. The van der Waals surface area contributed by atoms with E-state index in [9.17, 15) is 5.11 Å². The maximum Gasteiger partial charge on any atom is 0.137 e. The summed E-state index contributed by atoms with van der Waals surface area (Å²) in [7, 11) is 0. The molecule has 0 bridgehead atoms. The van der Waals surface area contributed by atoms with Crippen LogP contribution in [0, 0.1) is 0 Å². The summed E-state index contributed by atoms with van der Waals surface area (Å²) in [4.78, 5) is 8.91. The van der Waals surface area contributed by atoms with Crippen molar-refractivity contribution in [2.45, 2.75) is 58.6 Å². The first-order chi connectivity index (χ1) is 8.18. The molecule has 0 saturated heterocycles. The van der Waals surface area contributed by atoms with Gasteiger partial charge >= 0.3 is 0 Å². The highest BCUT2D eigenvalue weighted by Gasteiger charge is 2.19. The van der Waals surface area contributed by atoms with Crippen molar-refractivity contribution in [3.63, 3.8) is 0 Å². The lowest BCUT2D eigenvalue weighted by Crippen LogP contribution is -2.23. The van der Waals surface area contributed by atoms with Gasteiger partial charge in [-0.25, -0.2) is 9.97 Å². The quantitative estimate of drug-likeness (QED) is 0.838. The minimum Gasteiger partial charge on any atom is -0.393 e. The number of hydrogen-bond acceptors (Lipinski definition) is 4. The summed E-state index contributed by atoms with van der Waals surface area (Å²) >= 11 is 3.41. The van der Waals surface area contributed by atoms with Crippen LogP contribution in [0.15, 0.2) is 10.7 Å². The Labute approximate surface area is 117 Å². The highest BCUT2D eigenvalue weighted by molar-refractivity contribution is 9.10. The Morgan fingerprint density at radius 1 is 1.33 bits per heavy atom. The molecule has 0 saturated carbocycles. The summed E-state index contributed by atoms with van der Waals surface area (Å²) in [5.41, 5.74) is -0.0896. The van der Waals surface area contributed by atoms with E-state index in [0.29, 0.717) is 6.42 Å². The Kier molecular flexibility index (Phi) is 5.10. The molecule has 4 nitrogen and oxygen atoms in total. The fraction of sp³-hybridized carbons (Fsp3) is 0.692. The standard InChI is InChI=1S/C13H22BrN3O/c1-8(6-9(2)18)15-11-7-10(14)16-12(17-11)13(3,4)5/h7-9,18H,6H2,1-5H3,(H,15,16,17). The fourth-order valence-corrected chi connectivity index (χ4v) is 2.03. The second-order valence-corrected chi connectivity index (χ2v) is 6.59. The van der Waals surface area contributed by atoms with Gasteiger partial charge in [0, 0.05) is 17.5 Å². The smallest absolute Gasteiger partial charge is 0.137 e. The summed E-state index contributed by atoms with van der Waals surface area (Å²) in [5, 5.41) is 12.6. The summed E-state index contributed by atoms with van der Waals surface area (Å²) in [6, 6.07) is 2.02. The van der Waals surface area contributed by atoms with Crippen molar-refractivity contribution in [3.05, 3.63) is 16.5 Å². The van der Waals surface area contributed by atoms with Gasteiger partial charge in [-0.15, -0.1) is 0 Å². The van der Waals surface area contributed by atoms with Crippen molar-refractivity contribution < 1.29 is 5.11 Å². The molecule has 2 atom stereocenters. The second-order valence-electron chi connectivity index (χ2n) is 5.78. The zero-order valence-electron chi connectivity index (χ0n) is 11.7. The highest BCUT2D eigenvalue weighted by Crippen LogP contribution is 2.23. The van der Waals surface area contributed by atoms with Gasteiger partial charge in [-0.05, 0) is 36.2 Å². The van der Waals surface area contributed by atoms with E-state index in [1.807, 2.05) is 13.0 Å². The number of rotatable bonds is 4. The van der Waals surface area contributed by atoms with Crippen LogP contribution in [0.5, 0.6) is 0 Å². The van der Waals surface area contributed by atoms with Gasteiger partial charge in [0.2, 0.25) is 0 Å². The lowest BCUT2D eigenvalue weighted by molar-refractivity contribution is 0.179. The summed E-state index contributed by atoms with van der Waals surface area (Å²) in [5.74, 6) is 1.58. The topological polar surface area (TPSA) is 58.0 Å². The Balaban J connectivity index is 2.87. The van der Waals surface area contributed by atoms with E-state index in [1.54, 1.807) is 6.92 Å². The molecule has 5 heteroatoms. The third-order valence-electron chi connectivity index (χ3n) is 2.45. The molecule has 1 rings (SSSR count). The first-order valence-electron chi connectivity index (χ1n) is 6.18. The molecule has 2 unspecified atom stereocenters. The first-order valence-corrected chi connectivity index (χ1v) is 6.97. The SMILES string of the molecule is CC(O)CC(C)Nc1cc(Br)nc(C(C)(C)C)n1.